The third kappa shape index (κ3) is 1.34. The van der Waals surface area contributed by atoms with Crippen LogP contribution in [0.5, 0.6) is 0 Å². The van der Waals surface area contributed by atoms with Crippen molar-refractivity contribution in [2.24, 2.45) is 0 Å². The quantitative estimate of drug-likeness (QED) is 0.518. The predicted molar refractivity (Wildman–Crippen MR) is 76.0 cm³/mol. The summed E-state index contributed by atoms with van der Waals surface area (Å²) in [5.74, 6) is 0. The summed E-state index contributed by atoms with van der Waals surface area (Å²) in [6, 6.07) is 11.9. The molecule has 19 heavy (non-hydrogen) atoms. The minimum atomic E-state index is 0.678. The first-order chi connectivity index (χ1) is 9.24. The summed E-state index contributed by atoms with van der Waals surface area (Å²) in [4.78, 5) is 0. The molecule has 0 bridgehead atoms. The highest BCUT2D eigenvalue weighted by molar-refractivity contribution is 6.11. The zero-order valence-corrected chi connectivity index (χ0v) is 10.3. The Morgan fingerprint density at radius 3 is 2.68 bits per heavy atom. The molecule has 0 unspecified atom stereocenters. The van der Waals surface area contributed by atoms with E-state index in [1.165, 1.54) is 0 Å². The van der Waals surface area contributed by atoms with Crippen molar-refractivity contribution in [1.82, 2.24) is 10.2 Å². The molecule has 4 aromatic rings. The van der Waals surface area contributed by atoms with Crippen LogP contribution >= 0.6 is 0 Å². The van der Waals surface area contributed by atoms with E-state index in [9.17, 15) is 0 Å². The number of hydrogen-bond donors (Lipinski definition) is 1. The first-order valence-corrected chi connectivity index (χ1v) is 6.08. The minimum Gasteiger partial charge on any atom is -0.456 e. The lowest BCUT2D eigenvalue weighted by molar-refractivity contribution is 0.669. The van der Waals surface area contributed by atoms with Crippen molar-refractivity contribution in [3.63, 3.8) is 0 Å². The lowest BCUT2D eigenvalue weighted by Gasteiger charge is -2.03. The summed E-state index contributed by atoms with van der Waals surface area (Å²) in [5.41, 5.74) is 9.96. The van der Waals surface area contributed by atoms with Crippen LogP contribution in [0.25, 0.3) is 32.8 Å². The number of fused-ring (bicyclic) bond motifs is 4. The van der Waals surface area contributed by atoms with Crippen LogP contribution in [-0.4, -0.2) is 10.2 Å². The number of rotatable bonds is 0. The molecule has 0 aliphatic carbocycles. The van der Waals surface area contributed by atoms with E-state index < -0.39 is 0 Å². The summed E-state index contributed by atoms with van der Waals surface area (Å²) in [6.45, 7) is 1.86. The summed E-state index contributed by atoms with van der Waals surface area (Å²) < 4.78 is 5.82. The van der Waals surface area contributed by atoms with Gasteiger partial charge in [-0.15, -0.1) is 5.10 Å². The van der Waals surface area contributed by atoms with Gasteiger partial charge in [-0.1, -0.05) is 18.2 Å². The van der Waals surface area contributed by atoms with Gasteiger partial charge in [0.25, 0.3) is 0 Å². The minimum absolute atomic E-state index is 0.678. The average molecular weight is 249 g/mol. The zero-order chi connectivity index (χ0) is 13.0. The summed E-state index contributed by atoms with van der Waals surface area (Å²) in [6.07, 6.45) is 0. The molecule has 2 aromatic carbocycles. The second-order valence-corrected chi connectivity index (χ2v) is 4.66. The fraction of sp³-hybridized carbons (Fsp3) is 0.0667. The van der Waals surface area contributed by atoms with Gasteiger partial charge < -0.3 is 10.2 Å². The second kappa shape index (κ2) is 3.45. The standard InChI is InChI=1S/C15H11N3O/c1-8-15(16)11-6-10-9-4-2-3-5-13(9)19-14(10)7-12(11)18-17-8/h2-7H,1H3,(H2,16,18). The Morgan fingerprint density at radius 2 is 1.79 bits per heavy atom. The lowest BCUT2D eigenvalue weighted by atomic mass is 10.1. The van der Waals surface area contributed by atoms with E-state index in [0.29, 0.717) is 5.69 Å². The van der Waals surface area contributed by atoms with E-state index in [0.717, 1.165) is 38.5 Å². The molecule has 0 aliphatic heterocycles. The molecule has 2 N–H and O–H groups in total. The molecular formula is C15H11N3O. The number of nitrogens with two attached hydrogens (primary N) is 1. The van der Waals surface area contributed by atoms with Crippen LogP contribution < -0.4 is 5.73 Å². The van der Waals surface area contributed by atoms with Crippen LogP contribution in [0.4, 0.5) is 5.69 Å². The molecule has 0 amide bonds. The van der Waals surface area contributed by atoms with Gasteiger partial charge in [0.15, 0.2) is 0 Å². The van der Waals surface area contributed by atoms with E-state index in [1.807, 2.05) is 43.3 Å². The number of nitrogens with zero attached hydrogens (tertiary/aromatic N) is 2. The predicted octanol–water partition coefficient (Wildman–Crippen LogP) is 3.42. The molecule has 4 nitrogen and oxygen atoms in total. The van der Waals surface area contributed by atoms with Crippen molar-refractivity contribution in [2.75, 3.05) is 5.73 Å². The number of aryl methyl sites for hydroxylation is 1. The van der Waals surface area contributed by atoms with Crippen LogP contribution in [-0.2, 0) is 0 Å². The third-order valence-corrected chi connectivity index (χ3v) is 3.48. The molecule has 2 aromatic heterocycles. The summed E-state index contributed by atoms with van der Waals surface area (Å²) >= 11 is 0. The van der Waals surface area contributed by atoms with Crippen LogP contribution in [0.2, 0.25) is 0 Å². The van der Waals surface area contributed by atoms with Crippen molar-refractivity contribution < 1.29 is 4.42 Å². The van der Waals surface area contributed by atoms with Crippen LogP contribution in [0, 0.1) is 6.92 Å². The van der Waals surface area contributed by atoms with Gasteiger partial charge in [-0.3, -0.25) is 0 Å². The van der Waals surface area contributed by atoms with Gasteiger partial charge >= 0.3 is 0 Å². The molecular weight excluding hydrogens is 238 g/mol. The van der Waals surface area contributed by atoms with Crippen molar-refractivity contribution >= 4 is 38.5 Å². The summed E-state index contributed by atoms with van der Waals surface area (Å²) in [5, 5.41) is 11.3. The maximum absolute atomic E-state index is 6.09. The van der Waals surface area contributed by atoms with Gasteiger partial charge in [-0.2, -0.15) is 5.10 Å². The number of para-hydroxylation sites is 1. The Balaban J connectivity index is 2.26. The molecule has 92 valence electrons. The van der Waals surface area contributed by atoms with Gasteiger partial charge in [0.2, 0.25) is 0 Å². The van der Waals surface area contributed by atoms with Crippen molar-refractivity contribution in [3.8, 4) is 0 Å². The van der Waals surface area contributed by atoms with E-state index in [-0.39, 0.29) is 0 Å². The number of benzene rings is 2. The lowest BCUT2D eigenvalue weighted by Crippen LogP contribution is -1.97. The fourth-order valence-corrected chi connectivity index (χ4v) is 2.44. The Hall–Kier alpha value is -2.62. The van der Waals surface area contributed by atoms with E-state index in [2.05, 4.69) is 10.2 Å². The van der Waals surface area contributed by atoms with Crippen LogP contribution in [0.15, 0.2) is 40.8 Å². The second-order valence-electron chi connectivity index (χ2n) is 4.66. The Bertz CT molecular complexity index is 940. The molecule has 2 heterocycles. The number of furan rings is 1. The van der Waals surface area contributed by atoms with Crippen LogP contribution in [0.1, 0.15) is 5.69 Å². The van der Waals surface area contributed by atoms with Gasteiger partial charge in [-0.25, -0.2) is 0 Å². The number of nitrogen functional groups attached to an aromatic ring is 1. The topological polar surface area (TPSA) is 64.9 Å². The van der Waals surface area contributed by atoms with E-state index >= 15 is 0 Å². The van der Waals surface area contributed by atoms with E-state index in [4.69, 9.17) is 10.2 Å². The molecule has 0 saturated carbocycles. The van der Waals surface area contributed by atoms with Crippen molar-refractivity contribution in [2.45, 2.75) is 6.92 Å². The zero-order valence-electron chi connectivity index (χ0n) is 10.3. The highest BCUT2D eigenvalue weighted by atomic mass is 16.3. The Kier molecular flexibility index (Phi) is 1.87. The Morgan fingerprint density at radius 1 is 0.947 bits per heavy atom. The van der Waals surface area contributed by atoms with Crippen LogP contribution in [0.3, 0.4) is 0 Å². The SMILES string of the molecule is Cc1nnc2cc3oc4ccccc4c3cc2c1N. The molecule has 4 heteroatoms. The third-order valence-electron chi connectivity index (χ3n) is 3.48. The normalized spacial score (nSPS) is 11.6. The molecule has 0 radical (unpaired) electrons. The molecule has 4 rings (SSSR count). The maximum Gasteiger partial charge on any atom is 0.137 e. The van der Waals surface area contributed by atoms with Gasteiger partial charge in [0.05, 0.1) is 16.9 Å². The van der Waals surface area contributed by atoms with Gasteiger partial charge in [0, 0.05) is 22.2 Å². The number of anilines is 1. The highest BCUT2D eigenvalue weighted by Gasteiger charge is 2.11. The number of aromatic nitrogens is 2. The van der Waals surface area contributed by atoms with Gasteiger partial charge in [-0.05, 0) is 19.1 Å². The summed E-state index contributed by atoms with van der Waals surface area (Å²) in [7, 11) is 0. The first-order valence-electron chi connectivity index (χ1n) is 6.08. The Labute approximate surface area is 108 Å². The monoisotopic (exact) mass is 249 g/mol. The molecule has 0 atom stereocenters. The van der Waals surface area contributed by atoms with Crippen molar-refractivity contribution in [1.29, 1.82) is 0 Å². The smallest absolute Gasteiger partial charge is 0.137 e. The largest absolute Gasteiger partial charge is 0.456 e. The first kappa shape index (κ1) is 10.3. The molecule has 0 spiro atoms. The van der Waals surface area contributed by atoms with E-state index in [1.54, 1.807) is 0 Å². The average Bonchev–Trinajstić information content (AvgIpc) is 2.79. The van der Waals surface area contributed by atoms with Gasteiger partial charge in [0.1, 0.15) is 11.2 Å². The molecule has 0 fully saturated rings. The van der Waals surface area contributed by atoms with Crippen molar-refractivity contribution in [3.05, 3.63) is 42.1 Å². The fourth-order valence-electron chi connectivity index (χ4n) is 2.44. The molecule has 0 aliphatic rings. The highest BCUT2D eigenvalue weighted by Crippen LogP contribution is 2.33. The maximum atomic E-state index is 6.09. The number of hydrogen-bond acceptors (Lipinski definition) is 4. The molecule has 0 saturated heterocycles.